The Balaban J connectivity index is 1.53. The summed E-state index contributed by atoms with van der Waals surface area (Å²) in [5.74, 6) is 0.671. The highest BCUT2D eigenvalue weighted by molar-refractivity contribution is 6.30. The molecule has 3 rings (SSSR count). The van der Waals surface area contributed by atoms with E-state index in [4.69, 9.17) is 11.6 Å². The molecule has 1 amide bonds. The molecule has 6 heteroatoms. The van der Waals surface area contributed by atoms with Crippen molar-refractivity contribution in [3.63, 3.8) is 0 Å². The molecule has 0 bridgehead atoms. The summed E-state index contributed by atoms with van der Waals surface area (Å²) in [6.07, 6.45) is 6.81. The molecule has 0 saturated heterocycles. The quantitative estimate of drug-likeness (QED) is 0.625. The van der Waals surface area contributed by atoms with E-state index in [1.165, 1.54) is 0 Å². The first-order valence-electron chi connectivity index (χ1n) is 9.20. The average molecular weight is 395 g/mol. The molecule has 0 fully saturated rings. The number of benzene rings is 1. The molecule has 144 valence electrons. The predicted molar refractivity (Wildman–Crippen MR) is 113 cm³/mol. The van der Waals surface area contributed by atoms with Gasteiger partial charge in [-0.1, -0.05) is 23.7 Å². The Bertz CT molecular complexity index is 917. The predicted octanol–water partition coefficient (Wildman–Crippen LogP) is 4.10. The number of pyridine rings is 2. The lowest BCUT2D eigenvalue weighted by Gasteiger charge is -2.17. The molecule has 0 atom stereocenters. The second kappa shape index (κ2) is 9.85. The molecule has 0 spiro atoms. The highest BCUT2D eigenvalue weighted by atomic mass is 35.5. The van der Waals surface area contributed by atoms with E-state index in [9.17, 15) is 4.79 Å². The molecule has 0 aliphatic carbocycles. The molecule has 0 aliphatic heterocycles. The van der Waals surface area contributed by atoms with Gasteiger partial charge in [0.1, 0.15) is 5.82 Å². The van der Waals surface area contributed by atoms with E-state index in [0.29, 0.717) is 24.5 Å². The monoisotopic (exact) mass is 394 g/mol. The molecule has 3 aromatic rings. The third-order valence-electron chi connectivity index (χ3n) is 4.45. The van der Waals surface area contributed by atoms with Crippen molar-refractivity contribution >= 4 is 23.3 Å². The number of nitrogens with zero attached hydrogens (tertiary/aromatic N) is 3. The van der Waals surface area contributed by atoms with Crippen LogP contribution in [0.1, 0.15) is 21.5 Å². The molecule has 2 heterocycles. The minimum atomic E-state index is -0.0191. The average Bonchev–Trinajstić information content (AvgIpc) is 2.72. The second-order valence-electron chi connectivity index (χ2n) is 6.57. The van der Waals surface area contributed by atoms with Crippen molar-refractivity contribution in [3.8, 4) is 0 Å². The summed E-state index contributed by atoms with van der Waals surface area (Å²) in [5.41, 5.74) is 2.94. The number of hydrogen-bond acceptors (Lipinski definition) is 4. The standard InChI is InChI=1S/C22H23ClN4O/c1-27(14-9-17-5-10-24-11-6-17)22(28)19-8-13-26-21(16-19)25-12-7-18-3-2-4-20(23)15-18/h2-6,8,10-11,13,15-16H,7,9,12,14H2,1H3,(H,25,26). The number of aromatic nitrogens is 2. The molecule has 0 unspecified atom stereocenters. The van der Waals surface area contributed by atoms with Crippen LogP contribution < -0.4 is 5.32 Å². The van der Waals surface area contributed by atoms with Gasteiger partial charge in [-0.3, -0.25) is 9.78 Å². The summed E-state index contributed by atoms with van der Waals surface area (Å²) in [5, 5.41) is 4.01. The van der Waals surface area contributed by atoms with E-state index >= 15 is 0 Å². The Kier molecular flexibility index (Phi) is 6.98. The molecule has 5 nitrogen and oxygen atoms in total. The summed E-state index contributed by atoms with van der Waals surface area (Å²) in [6.45, 7) is 1.35. The van der Waals surface area contributed by atoms with Crippen molar-refractivity contribution in [2.45, 2.75) is 12.8 Å². The number of nitrogens with one attached hydrogen (secondary N) is 1. The summed E-state index contributed by atoms with van der Waals surface area (Å²) >= 11 is 6.01. The summed E-state index contributed by atoms with van der Waals surface area (Å²) in [6, 6.07) is 15.3. The fraction of sp³-hybridized carbons (Fsp3) is 0.227. The van der Waals surface area contributed by atoms with Crippen LogP contribution in [0.3, 0.4) is 0 Å². The van der Waals surface area contributed by atoms with Gasteiger partial charge in [-0.2, -0.15) is 0 Å². The lowest BCUT2D eigenvalue weighted by atomic mass is 10.1. The van der Waals surface area contributed by atoms with Crippen molar-refractivity contribution in [2.24, 2.45) is 0 Å². The fourth-order valence-corrected chi connectivity index (χ4v) is 3.07. The van der Waals surface area contributed by atoms with Gasteiger partial charge in [0.05, 0.1) is 0 Å². The van der Waals surface area contributed by atoms with Crippen LogP contribution >= 0.6 is 11.6 Å². The smallest absolute Gasteiger partial charge is 0.253 e. The maximum absolute atomic E-state index is 12.7. The molecule has 0 saturated carbocycles. The number of carbonyl (C=O) groups excluding carboxylic acids is 1. The van der Waals surface area contributed by atoms with Crippen molar-refractivity contribution in [3.05, 3.63) is 88.8 Å². The number of halogens is 1. The van der Waals surface area contributed by atoms with E-state index in [0.717, 1.165) is 29.0 Å². The number of likely N-dealkylation sites (N-methyl/N-ethyl adjacent to an activating group) is 1. The lowest BCUT2D eigenvalue weighted by molar-refractivity contribution is 0.0796. The molecular weight excluding hydrogens is 372 g/mol. The first-order valence-corrected chi connectivity index (χ1v) is 9.58. The second-order valence-corrected chi connectivity index (χ2v) is 7.01. The fourth-order valence-electron chi connectivity index (χ4n) is 2.86. The van der Waals surface area contributed by atoms with Gasteiger partial charge in [0.25, 0.3) is 5.91 Å². The number of anilines is 1. The van der Waals surface area contributed by atoms with Crippen LogP contribution in [0.4, 0.5) is 5.82 Å². The molecule has 1 aromatic carbocycles. The third kappa shape index (κ3) is 5.79. The van der Waals surface area contributed by atoms with Gasteiger partial charge in [-0.25, -0.2) is 4.98 Å². The van der Waals surface area contributed by atoms with Crippen molar-refractivity contribution in [1.82, 2.24) is 14.9 Å². The summed E-state index contributed by atoms with van der Waals surface area (Å²) in [4.78, 5) is 22.7. The Hall–Kier alpha value is -2.92. The normalized spacial score (nSPS) is 10.5. The largest absolute Gasteiger partial charge is 0.370 e. The van der Waals surface area contributed by atoms with Crippen molar-refractivity contribution in [2.75, 3.05) is 25.5 Å². The zero-order valence-corrected chi connectivity index (χ0v) is 16.6. The maximum atomic E-state index is 12.7. The molecule has 2 aromatic heterocycles. The van der Waals surface area contributed by atoms with Crippen LogP contribution in [0.5, 0.6) is 0 Å². The SMILES string of the molecule is CN(CCc1ccncc1)C(=O)c1ccnc(NCCc2cccc(Cl)c2)c1. The van der Waals surface area contributed by atoms with Crippen LogP contribution in [-0.2, 0) is 12.8 Å². The zero-order valence-electron chi connectivity index (χ0n) is 15.8. The number of carbonyl (C=O) groups is 1. The van der Waals surface area contributed by atoms with Crippen molar-refractivity contribution < 1.29 is 4.79 Å². The third-order valence-corrected chi connectivity index (χ3v) is 4.68. The Morgan fingerprint density at radius 1 is 1.04 bits per heavy atom. The number of hydrogen-bond donors (Lipinski definition) is 1. The van der Waals surface area contributed by atoms with E-state index < -0.39 is 0 Å². The molecular formula is C22H23ClN4O. The Morgan fingerprint density at radius 2 is 1.86 bits per heavy atom. The first kappa shape index (κ1) is 19.8. The van der Waals surface area contributed by atoms with Gasteiger partial charge < -0.3 is 10.2 Å². The van der Waals surface area contributed by atoms with Gasteiger partial charge in [0.15, 0.2) is 0 Å². The molecule has 1 N–H and O–H groups in total. The van der Waals surface area contributed by atoms with Gasteiger partial charge in [-0.15, -0.1) is 0 Å². The zero-order chi connectivity index (χ0) is 19.8. The summed E-state index contributed by atoms with van der Waals surface area (Å²) < 4.78 is 0. The van der Waals surface area contributed by atoms with E-state index in [-0.39, 0.29) is 5.91 Å². The summed E-state index contributed by atoms with van der Waals surface area (Å²) in [7, 11) is 1.82. The highest BCUT2D eigenvalue weighted by Crippen LogP contribution is 2.13. The van der Waals surface area contributed by atoms with Gasteiger partial charge in [0, 0.05) is 49.3 Å². The first-order chi connectivity index (χ1) is 13.6. The van der Waals surface area contributed by atoms with E-state index in [2.05, 4.69) is 15.3 Å². The minimum absolute atomic E-state index is 0.0191. The van der Waals surface area contributed by atoms with Gasteiger partial charge >= 0.3 is 0 Å². The van der Waals surface area contributed by atoms with Crippen LogP contribution in [0, 0.1) is 0 Å². The number of amides is 1. The van der Waals surface area contributed by atoms with Crippen LogP contribution in [0.2, 0.25) is 5.02 Å². The van der Waals surface area contributed by atoms with Gasteiger partial charge in [-0.05, 0) is 60.4 Å². The maximum Gasteiger partial charge on any atom is 0.253 e. The Morgan fingerprint density at radius 3 is 2.64 bits per heavy atom. The van der Waals surface area contributed by atoms with E-state index in [1.54, 1.807) is 35.6 Å². The molecule has 28 heavy (non-hydrogen) atoms. The molecule has 0 radical (unpaired) electrons. The van der Waals surface area contributed by atoms with Crippen LogP contribution in [0.15, 0.2) is 67.1 Å². The lowest BCUT2D eigenvalue weighted by Crippen LogP contribution is -2.29. The highest BCUT2D eigenvalue weighted by Gasteiger charge is 2.12. The Labute approximate surface area is 170 Å². The van der Waals surface area contributed by atoms with Gasteiger partial charge in [0.2, 0.25) is 0 Å². The molecule has 0 aliphatic rings. The topological polar surface area (TPSA) is 58.1 Å². The van der Waals surface area contributed by atoms with Crippen LogP contribution in [-0.4, -0.2) is 40.9 Å². The van der Waals surface area contributed by atoms with E-state index in [1.807, 2.05) is 43.4 Å². The minimum Gasteiger partial charge on any atom is -0.370 e. The number of rotatable bonds is 8. The van der Waals surface area contributed by atoms with Crippen LogP contribution in [0.25, 0.3) is 0 Å². The van der Waals surface area contributed by atoms with Crippen molar-refractivity contribution in [1.29, 1.82) is 0 Å².